The van der Waals surface area contributed by atoms with Crippen molar-refractivity contribution >= 4 is 11.8 Å². The van der Waals surface area contributed by atoms with Crippen molar-refractivity contribution in [1.29, 1.82) is 0 Å². The number of carbonyl (C=O) groups excluding carboxylic acids is 2. The van der Waals surface area contributed by atoms with E-state index in [4.69, 9.17) is 4.74 Å². The van der Waals surface area contributed by atoms with Gasteiger partial charge >= 0.3 is 0 Å². The van der Waals surface area contributed by atoms with Crippen LogP contribution in [-0.2, 0) is 14.3 Å². The van der Waals surface area contributed by atoms with Crippen LogP contribution in [0.2, 0.25) is 0 Å². The maximum atomic E-state index is 12.8. The Kier molecular flexibility index (Phi) is 4.54. The number of likely N-dealkylation sites (tertiary alicyclic amines) is 1. The topological polar surface area (TPSA) is 58.6 Å². The molecule has 2 aliphatic carbocycles. The lowest BCUT2D eigenvalue weighted by molar-refractivity contribution is -0.141. The van der Waals surface area contributed by atoms with E-state index in [1.807, 2.05) is 4.90 Å². The van der Waals surface area contributed by atoms with E-state index in [1.54, 1.807) is 0 Å². The fourth-order valence-electron chi connectivity index (χ4n) is 4.86. The molecule has 0 aromatic carbocycles. The van der Waals surface area contributed by atoms with E-state index in [0.29, 0.717) is 0 Å². The second kappa shape index (κ2) is 6.66. The lowest BCUT2D eigenvalue weighted by Gasteiger charge is -2.44. The molecule has 1 N–H and O–H groups in total. The van der Waals surface area contributed by atoms with E-state index in [1.165, 1.54) is 19.3 Å². The highest BCUT2D eigenvalue weighted by Crippen LogP contribution is 2.39. The third-order valence-electron chi connectivity index (χ3n) is 6.37. The minimum absolute atomic E-state index is 0.00758. The summed E-state index contributed by atoms with van der Waals surface area (Å²) in [6, 6.07) is -0.0222. The Morgan fingerprint density at radius 2 is 1.79 bits per heavy atom. The molecule has 134 valence electrons. The minimum Gasteiger partial charge on any atom is -0.375 e. The average molecular weight is 334 g/mol. The third kappa shape index (κ3) is 3.32. The van der Waals surface area contributed by atoms with Gasteiger partial charge < -0.3 is 15.0 Å². The fourth-order valence-corrected chi connectivity index (χ4v) is 4.86. The lowest BCUT2D eigenvalue weighted by Crippen LogP contribution is -2.53. The van der Waals surface area contributed by atoms with Crippen molar-refractivity contribution < 1.29 is 14.3 Å². The second-order valence-corrected chi connectivity index (χ2v) is 8.25. The molecule has 1 spiro atoms. The van der Waals surface area contributed by atoms with Crippen LogP contribution >= 0.6 is 0 Å². The molecule has 2 amide bonds. The maximum absolute atomic E-state index is 12.8. The Hall–Kier alpha value is -1.10. The quantitative estimate of drug-likeness (QED) is 0.862. The Morgan fingerprint density at radius 3 is 2.54 bits per heavy atom. The number of nitrogens with one attached hydrogen (secondary N) is 1. The van der Waals surface area contributed by atoms with Crippen molar-refractivity contribution in [3.05, 3.63) is 0 Å². The van der Waals surface area contributed by atoms with Crippen molar-refractivity contribution in [1.82, 2.24) is 10.2 Å². The van der Waals surface area contributed by atoms with E-state index in [2.05, 4.69) is 5.32 Å². The molecule has 2 aliphatic heterocycles. The standard InChI is InChI=1S/C19H30N2O3/c22-17(16-5-4-11-21(16)18(23)14-6-7-14)20-15-8-12-24-19(13-15)9-2-1-3-10-19/h14-16H,1-13H2,(H,20,22)/t15-,16-/m0/s1. The zero-order valence-electron chi connectivity index (χ0n) is 14.6. The highest BCUT2D eigenvalue weighted by Gasteiger charge is 2.43. The molecule has 2 heterocycles. The first kappa shape index (κ1) is 16.4. The number of ether oxygens (including phenoxy) is 1. The molecule has 2 atom stereocenters. The molecule has 0 aromatic heterocycles. The van der Waals surface area contributed by atoms with Crippen LogP contribution in [0.1, 0.15) is 70.6 Å². The van der Waals surface area contributed by atoms with Crippen molar-refractivity contribution in [3.8, 4) is 0 Å². The van der Waals surface area contributed by atoms with Gasteiger partial charge in [-0.05, 0) is 51.4 Å². The van der Waals surface area contributed by atoms with Crippen LogP contribution in [0.5, 0.6) is 0 Å². The SMILES string of the molecule is O=C(N[C@H]1CCOC2(CCCCC2)C1)[C@@H]1CCCN1C(=O)C1CC1. The Bertz CT molecular complexity index is 491. The zero-order valence-corrected chi connectivity index (χ0v) is 14.6. The molecule has 2 saturated carbocycles. The predicted octanol–water partition coefficient (Wildman–Crippen LogP) is 2.39. The Labute approximate surface area is 144 Å². The molecule has 4 aliphatic rings. The molecule has 5 heteroatoms. The van der Waals surface area contributed by atoms with Crippen LogP contribution < -0.4 is 5.32 Å². The Balaban J connectivity index is 1.35. The normalized spacial score (nSPS) is 32.8. The lowest BCUT2D eigenvalue weighted by atomic mass is 9.78. The summed E-state index contributed by atoms with van der Waals surface area (Å²) < 4.78 is 6.13. The van der Waals surface area contributed by atoms with Gasteiger partial charge in [0.05, 0.1) is 5.60 Å². The highest BCUT2D eigenvalue weighted by molar-refractivity contribution is 5.90. The molecule has 0 radical (unpaired) electrons. The maximum Gasteiger partial charge on any atom is 0.243 e. The zero-order chi connectivity index (χ0) is 16.6. The molecule has 0 unspecified atom stereocenters. The predicted molar refractivity (Wildman–Crippen MR) is 90.4 cm³/mol. The van der Waals surface area contributed by atoms with Crippen molar-refractivity contribution in [2.45, 2.75) is 88.3 Å². The van der Waals surface area contributed by atoms with Crippen molar-refractivity contribution in [2.75, 3.05) is 13.2 Å². The fraction of sp³-hybridized carbons (Fsp3) is 0.895. The van der Waals surface area contributed by atoms with Crippen LogP contribution in [-0.4, -0.2) is 47.6 Å². The van der Waals surface area contributed by atoms with E-state index in [9.17, 15) is 9.59 Å². The van der Waals surface area contributed by atoms with Crippen LogP contribution in [0.15, 0.2) is 0 Å². The molecule has 4 rings (SSSR count). The van der Waals surface area contributed by atoms with Gasteiger partial charge in [-0.2, -0.15) is 0 Å². The summed E-state index contributed by atoms with van der Waals surface area (Å²) in [5, 5.41) is 3.26. The summed E-state index contributed by atoms with van der Waals surface area (Å²) in [7, 11) is 0. The minimum atomic E-state index is -0.233. The average Bonchev–Trinajstić information content (AvgIpc) is 3.31. The molecular weight excluding hydrogens is 304 g/mol. The van der Waals surface area contributed by atoms with Crippen LogP contribution in [0.3, 0.4) is 0 Å². The summed E-state index contributed by atoms with van der Waals surface area (Å²) in [5.41, 5.74) is 0.00758. The molecular formula is C19H30N2O3. The van der Waals surface area contributed by atoms with E-state index >= 15 is 0 Å². The third-order valence-corrected chi connectivity index (χ3v) is 6.37. The summed E-state index contributed by atoms with van der Waals surface area (Å²) in [6.07, 6.45) is 11.7. The molecule has 4 fully saturated rings. The van der Waals surface area contributed by atoms with E-state index in [-0.39, 0.29) is 35.4 Å². The van der Waals surface area contributed by atoms with E-state index in [0.717, 1.165) is 64.5 Å². The number of hydrogen-bond acceptors (Lipinski definition) is 3. The van der Waals surface area contributed by atoms with E-state index < -0.39 is 0 Å². The summed E-state index contributed by atoms with van der Waals surface area (Å²) in [6.45, 7) is 1.51. The van der Waals surface area contributed by atoms with Crippen molar-refractivity contribution in [3.63, 3.8) is 0 Å². The summed E-state index contributed by atoms with van der Waals surface area (Å²) in [4.78, 5) is 27.0. The van der Waals surface area contributed by atoms with Gasteiger partial charge in [0.2, 0.25) is 11.8 Å². The number of carbonyl (C=O) groups is 2. The smallest absolute Gasteiger partial charge is 0.243 e. The molecule has 5 nitrogen and oxygen atoms in total. The first-order valence-electron chi connectivity index (χ1n) is 9.92. The monoisotopic (exact) mass is 334 g/mol. The first-order valence-corrected chi connectivity index (χ1v) is 9.92. The van der Waals surface area contributed by atoms with Crippen LogP contribution in [0.4, 0.5) is 0 Å². The molecule has 24 heavy (non-hydrogen) atoms. The van der Waals surface area contributed by atoms with Gasteiger partial charge in [0.1, 0.15) is 6.04 Å². The summed E-state index contributed by atoms with van der Waals surface area (Å²) in [5.74, 6) is 0.481. The van der Waals surface area contributed by atoms with Gasteiger partial charge in [0, 0.05) is 25.1 Å². The second-order valence-electron chi connectivity index (χ2n) is 8.25. The number of rotatable bonds is 3. The van der Waals surface area contributed by atoms with Crippen molar-refractivity contribution in [2.24, 2.45) is 5.92 Å². The van der Waals surface area contributed by atoms with Gasteiger partial charge in [-0.1, -0.05) is 19.3 Å². The van der Waals surface area contributed by atoms with Crippen LogP contribution in [0.25, 0.3) is 0 Å². The summed E-state index contributed by atoms with van der Waals surface area (Å²) >= 11 is 0. The number of amides is 2. The first-order chi connectivity index (χ1) is 11.7. The van der Waals surface area contributed by atoms with Gasteiger partial charge in [0.25, 0.3) is 0 Å². The number of hydrogen-bond donors (Lipinski definition) is 1. The van der Waals surface area contributed by atoms with Crippen LogP contribution in [0, 0.1) is 5.92 Å². The molecule has 2 saturated heterocycles. The molecule has 0 bridgehead atoms. The molecule has 0 aromatic rings. The Morgan fingerprint density at radius 1 is 1.00 bits per heavy atom. The van der Waals surface area contributed by atoms with Gasteiger partial charge in [-0.15, -0.1) is 0 Å². The number of nitrogens with zero attached hydrogens (tertiary/aromatic N) is 1. The van der Waals surface area contributed by atoms with Gasteiger partial charge in [0.15, 0.2) is 0 Å². The largest absolute Gasteiger partial charge is 0.375 e. The highest BCUT2D eigenvalue weighted by atomic mass is 16.5. The van der Waals surface area contributed by atoms with Gasteiger partial charge in [-0.3, -0.25) is 9.59 Å². The van der Waals surface area contributed by atoms with Gasteiger partial charge in [-0.25, -0.2) is 0 Å².